The molecule has 0 saturated heterocycles. The molecule has 0 amide bonds. The molecule has 0 aliphatic carbocycles. The van der Waals surface area contributed by atoms with Crippen LogP contribution in [0.3, 0.4) is 0 Å². The highest BCUT2D eigenvalue weighted by Gasteiger charge is 2.23. The second-order valence-electron chi connectivity index (χ2n) is 3.02. The van der Waals surface area contributed by atoms with Gasteiger partial charge in [0.05, 0.1) is 12.2 Å². The molecule has 0 spiro atoms. The van der Waals surface area contributed by atoms with Gasteiger partial charge in [-0.1, -0.05) is 0 Å². The lowest BCUT2D eigenvalue weighted by Gasteiger charge is -2.05. The Kier molecular flexibility index (Phi) is 4.62. The van der Waals surface area contributed by atoms with Crippen LogP contribution < -0.4 is 0 Å². The van der Waals surface area contributed by atoms with Gasteiger partial charge in [-0.15, -0.1) is 11.8 Å². The van der Waals surface area contributed by atoms with Crippen LogP contribution in [-0.4, -0.2) is 24.6 Å². The average molecular weight is 260 g/mol. The van der Waals surface area contributed by atoms with E-state index in [1.165, 1.54) is 6.92 Å². The lowest BCUT2D eigenvalue weighted by Crippen LogP contribution is -2.19. The molecular weight excluding hydrogens is 250 g/mol. The number of carbonyl (C=O) groups excluding carboxylic acids is 2. The zero-order valence-corrected chi connectivity index (χ0v) is 10.1. The quantitative estimate of drug-likeness (QED) is 0.361. The minimum absolute atomic E-state index is 0.00241. The van der Waals surface area contributed by atoms with Crippen LogP contribution in [0, 0.1) is 11.6 Å². The van der Waals surface area contributed by atoms with Gasteiger partial charge in [0.2, 0.25) is 0 Å². The Bertz CT molecular complexity index is 460. The molecule has 92 valence electrons. The Morgan fingerprint density at radius 2 is 1.94 bits per heavy atom. The lowest BCUT2D eigenvalue weighted by molar-refractivity contribution is -0.137. The molecule has 1 rings (SSSR count). The molecule has 0 bridgehead atoms. The number of benzene rings is 1. The molecule has 0 saturated carbocycles. The maximum absolute atomic E-state index is 13.5. The van der Waals surface area contributed by atoms with E-state index in [9.17, 15) is 18.4 Å². The SMILES string of the molecule is CCOC(=O)C(=O)c1cc(F)c(SC)cc1F. The summed E-state index contributed by atoms with van der Waals surface area (Å²) in [5, 5.41) is 0. The van der Waals surface area contributed by atoms with Crippen LogP contribution in [0.15, 0.2) is 17.0 Å². The maximum Gasteiger partial charge on any atom is 0.379 e. The van der Waals surface area contributed by atoms with Crippen molar-refractivity contribution in [2.24, 2.45) is 0 Å². The summed E-state index contributed by atoms with van der Waals surface area (Å²) in [6.45, 7) is 1.51. The van der Waals surface area contributed by atoms with E-state index in [0.29, 0.717) is 6.07 Å². The Labute approximate surface area is 101 Å². The molecule has 0 fully saturated rings. The molecule has 6 heteroatoms. The highest BCUT2D eigenvalue weighted by Crippen LogP contribution is 2.23. The average Bonchev–Trinajstić information content (AvgIpc) is 2.31. The monoisotopic (exact) mass is 260 g/mol. The van der Waals surface area contributed by atoms with Crippen molar-refractivity contribution in [2.75, 3.05) is 12.9 Å². The molecule has 0 unspecified atom stereocenters. The Balaban J connectivity index is 3.11. The molecule has 0 aromatic heterocycles. The smallest absolute Gasteiger partial charge is 0.379 e. The number of halogens is 2. The summed E-state index contributed by atoms with van der Waals surface area (Å²) in [5.41, 5.74) is -0.612. The third-order valence-electron chi connectivity index (χ3n) is 1.95. The Morgan fingerprint density at radius 1 is 1.29 bits per heavy atom. The number of carbonyl (C=O) groups is 2. The minimum atomic E-state index is -1.19. The highest BCUT2D eigenvalue weighted by molar-refractivity contribution is 7.98. The molecule has 0 aliphatic heterocycles. The molecule has 17 heavy (non-hydrogen) atoms. The van der Waals surface area contributed by atoms with E-state index in [-0.39, 0.29) is 11.5 Å². The number of esters is 1. The number of ketones is 1. The van der Waals surface area contributed by atoms with Crippen molar-refractivity contribution in [3.05, 3.63) is 29.3 Å². The molecule has 1 aromatic rings. The zero-order chi connectivity index (χ0) is 13.0. The molecular formula is C11H10F2O3S. The van der Waals surface area contributed by atoms with Gasteiger partial charge in [-0.3, -0.25) is 4.79 Å². The summed E-state index contributed by atoms with van der Waals surface area (Å²) in [4.78, 5) is 22.6. The summed E-state index contributed by atoms with van der Waals surface area (Å²) < 4.78 is 31.2. The molecule has 0 atom stereocenters. The van der Waals surface area contributed by atoms with Crippen LogP contribution >= 0.6 is 11.8 Å². The fraction of sp³-hybridized carbons (Fsp3) is 0.273. The summed E-state index contributed by atoms with van der Waals surface area (Å²) >= 11 is 1.01. The summed E-state index contributed by atoms with van der Waals surface area (Å²) in [7, 11) is 0. The first-order chi connectivity index (χ1) is 8.01. The van der Waals surface area contributed by atoms with Crippen LogP contribution in [-0.2, 0) is 9.53 Å². The van der Waals surface area contributed by atoms with Crippen LogP contribution in [0.5, 0.6) is 0 Å². The molecule has 3 nitrogen and oxygen atoms in total. The third kappa shape index (κ3) is 3.03. The number of hydrogen-bond acceptors (Lipinski definition) is 4. The molecule has 0 radical (unpaired) electrons. The summed E-state index contributed by atoms with van der Waals surface area (Å²) in [6.07, 6.45) is 1.57. The van der Waals surface area contributed by atoms with Crippen LogP contribution in [0.2, 0.25) is 0 Å². The Morgan fingerprint density at radius 3 is 2.47 bits per heavy atom. The number of Topliss-reactive ketones (excluding diaryl/α,β-unsaturated/α-hetero) is 1. The van der Waals surface area contributed by atoms with E-state index in [1.54, 1.807) is 6.26 Å². The molecule has 0 heterocycles. The maximum atomic E-state index is 13.5. The van der Waals surface area contributed by atoms with E-state index in [0.717, 1.165) is 17.8 Å². The summed E-state index contributed by atoms with van der Waals surface area (Å²) in [5.74, 6) is -4.06. The van der Waals surface area contributed by atoms with E-state index in [1.807, 2.05) is 0 Å². The number of ether oxygens (including phenoxy) is 1. The number of thioether (sulfide) groups is 1. The topological polar surface area (TPSA) is 43.4 Å². The van der Waals surface area contributed by atoms with Gasteiger partial charge in [-0.2, -0.15) is 0 Å². The van der Waals surface area contributed by atoms with Crippen molar-refractivity contribution >= 4 is 23.5 Å². The lowest BCUT2D eigenvalue weighted by atomic mass is 10.1. The van der Waals surface area contributed by atoms with Gasteiger partial charge in [0.1, 0.15) is 11.6 Å². The van der Waals surface area contributed by atoms with Crippen molar-refractivity contribution < 1.29 is 23.1 Å². The van der Waals surface area contributed by atoms with Crippen LogP contribution in [0.4, 0.5) is 8.78 Å². The largest absolute Gasteiger partial charge is 0.460 e. The fourth-order valence-corrected chi connectivity index (χ4v) is 1.64. The Hall–Kier alpha value is -1.43. The van der Waals surface area contributed by atoms with Crippen molar-refractivity contribution in [1.82, 2.24) is 0 Å². The van der Waals surface area contributed by atoms with Crippen LogP contribution in [0.25, 0.3) is 0 Å². The summed E-state index contributed by atoms with van der Waals surface area (Å²) in [6, 6.07) is 1.59. The van der Waals surface area contributed by atoms with E-state index in [4.69, 9.17) is 0 Å². The zero-order valence-electron chi connectivity index (χ0n) is 9.25. The van der Waals surface area contributed by atoms with Crippen molar-refractivity contribution in [2.45, 2.75) is 11.8 Å². The minimum Gasteiger partial charge on any atom is -0.460 e. The van der Waals surface area contributed by atoms with Gasteiger partial charge >= 0.3 is 5.97 Å². The first kappa shape index (κ1) is 13.6. The second-order valence-corrected chi connectivity index (χ2v) is 3.86. The number of rotatable bonds is 4. The first-order valence-corrected chi connectivity index (χ1v) is 5.98. The van der Waals surface area contributed by atoms with Crippen molar-refractivity contribution in [3.8, 4) is 0 Å². The first-order valence-electron chi connectivity index (χ1n) is 4.75. The van der Waals surface area contributed by atoms with Gasteiger partial charge in [0.15, 0.2) is 0 Å². The normalized spacial score (nSPS) is 10.1. The number of hydrogen-bond donors (Lipinski definition) is 0. The van der Waals surface area contributed by atoms with Gasteiger partial charge in [0, 0.05) is 4.90 Å². The predicted molar refractivity (Wildman–Crippen MR) is 59.1 cm³/mol. The van der Waals surface area contributed by atoms with Gasteiger partial charge in [0.25, 0.3) is 5.78 Å². The van der Waals surface area contributed by atoms with E-state index in [2.05, 4.69) is 4.74 Å². The molecule has 1 aromatic carbocycles. The van der Waals surface area contributed by atoms with E-state index >= 15 is 0 Å². The third-order valence-corrected chi connectivity index (χ3v) is 2.70. The fourth-order valence-electron chi connectivity index (χ4n) is 1.17. The van der Waals surface area contributed by atoms with Crippen LogP contribution in [0.1, 0.15) is 17.3 Å². The van der Waals surface area contributed by atoms with Crippen molar-refractivity contribution in [3.63, 3.8) is 0 Å². The second kappa shape index (κ2) is 5.77. The van der Waals surface area contributed by atoms with Gasteiger partial charge in [-0.05, 0) is 25.3 Å². The molecule has 0 N–H and O–H groups in total. The van der Waals surface area contributed by atoms with Gasteiger partial charge < -0.3 is 4.74 Å². The van der Waals surface area contributed by atoms with E-state index < -0.39 is 29.0 Å². The van der Waals surface area contributed by atoms with Gasteiger partial charge in [-0.25, -0.2) is 13.6 Å². The highest BCUT2D eigenvalue weighted by atomic mass is 32.2. The molecule has 0 aliphatic rings. The standard InChI is InChI=1S/C11H10F2O3S/c1-3-16-11(15)10(14)6-4-8(13)9(17-2)5-7(6)12/h4-5H,3H2,1-2H3. The van der Waals surface area contributed by atoms with Crippen molar-refractivity contribution in [1.29, 1.82) is 0 Å². The predicted octanol–water partition coefficient (Wildman–Crippen LogP) is 2.43.